The number of carbonyl (C=O) groups excluding carboxylic acids is 3. The average Bonchev–Trinajstić information content (AvgIpc) is 3.08. The number of aliphatic hydroxyl groups excluding tert-OH is 1. The van der Waals surface area contributed by atoms with Crippen LogP contribution >= 0.6 is 0 Å². The molecular formula is C26H38N2O6. The lowest BCUT2D eigenvalue weighted by Crippen LogP contribution is -2.59. The monoisotopic (exact) mass is 474 g/mol. The summed E-state index contributed by atoms with van der Waals surface area (Å²) in [4.78, 5) is 44.8. The molecule has 0 aromatic heterocycles. The summed E-state index contributed by atoms with van der Waals surface area (Å²) in [6, 6.07) is -1.51. The van der Waals surface area contributed by atoms with E-state index in [1.165, 1.54) is 4.90 Å². The van der Waals surface area contributed by atoms with Crippen molar-refractivity contribution < 1.29 is 29.0 Å². The second-order valence-electron chi connectivity index (χ2n) is 10.3. The maximum absolute atomic E-state index is 14.1. The van der Waals surface area contributed by atoms with Crippen LogP contribution in [0, 0.1) is 17.8 Å². The standard InChI is InChI=1S/C26H38N2O6/c1-5-7-8-13-27-14-9-12-26-19(20-24(32)33-15-10-11-25(20,6-2)34-26)22(30)28(21(26)23(27)31)18(16-29)17(3)4/h9-12,17-21,29H,5-8,13-16H2,1-4H3/t18-,19-,20+,21?,25-,26-/m0/s1. The minimum Gasteiger partial charge on any atom is -0.461 e. The molecule has 4 heterocycles. The molecule has 0 radical (unpaired) electrons. The number of amides is 2. The van der Waals surface area contributed by atoms with Gasteiger partial charge in [0.1, 0.15) is 29.8 Å². The summed E-state index contributed by atoms with van der Waals surface area (Å²) >= 11 is 0. The largest absolute Gasteiger partial charge is 0.461 e. The van der Waals surface area contributed by atoms with E-state index >= 15 is 0 Å². The molecule has 0 saturated carbocycles. The maximum atomic E-state index is 14.1. The fourth-order valence-electron chi connectivity index (χ4n) is 6.31. The third-order valence-electron chi connectivity index (χ3n) is 8.06. The summed E-state index contributed by atoms with van der Waals surface area (Å²) in [5.41, 5.74) is -2.32. The fraction of sp³-hybridized carbons (Fsp3) is 0.731. The number of ether oxygens (including phenoxy) is 2. The quantitative estimate of drug-likeness (QED) is 0.329. The van der Waals surface area contributed by atoms with Crippen molar-refractivity contribution in [2.45, 2.75) is 76.7 Å². The second kappa shape index (κ2) is 9.46. The molecule has 1 N–H and O–H groups in total. The summed E-state index contributed by atoms with van der Waals surface area (Å²) < 4.78 is 12.2. The Hall–Kier alpha value is -2.19. The van der Waals surface area contributed by atoms with Crippen LogP contribution in [0.3, 0.4) is 0 Å². The molecule has 4 rings (SSSR count). The summed E-state index contributed by atoms with van der Waals surface area (Å²) in [6.07, 6.45) is 10.7. The first-order valence-electron chi connectivity index (χ1n) is 12.7. The van der Waals surface area contributed by atoms with Crippen molar-refractivity contribution in [3.8, 4) is 0 Å². The van der Waals surface area contributed by atoms with Gasteiger partial charge in [-0.15, -0.1) is 0 Å². The molecule has 6 atom stereocenters. The van der Waals surface area contributed by atoms with E-state index in [-0.39, 0.29) is 30.9 Å². The molecule has 188 valence electrons. The predicted molar refractivity (Wildman–Crippen MR) is 126 cm³/mol. The first-order valence-corrected chi connectivity index (χ1v) is 12.7. The molecule has 1 unspecified atom stereocenters. The molecule has 34 heavy (non-hydrogen) atoms. The molecule has 4 aliphatic rings. The van der Waals surface area contributed by atoms with E-state index in [2.05, 4.69) is 6.92 Å². The second-order valence-corrected chi connectivity index (χ2v) is 10.3. The Morgan fingerprint density at radius 2 is 1.85 bits per heavy atom. The van der Waals surface area contributed by atoms with E-state index in [1.807, 2.05) is 39.0 Å². The van der Waals surface area contributed by atoms with E-state index in [1.54, 1.807) is 11.0 Å². The van der Waals surface area contributed by atoms with Gasteiger partial charge in [0.05, 0.1) is 18.6 Å². The van der Waals surface area contributed by atoms with Gasteiger partial charge >= 0.3 is 5.97 Å². The molecule has 1 spiro atoms. The maximum Gasteiger partial charge on any atom is 0.313 e. The molecular weight excluding hydrogens is 436 g/mol. The number of aliphatic hydroxyl groups is 1. The van der Waals surface area contributed by atoms with Crippen LogP contribution in [-0.4, -0.2) is 82.3 Å². The van der Waals surface area contributed by atoms with Gasteiger partial charge in [-0.05, 0) is 24.8 Å². The zero-order valence-corrected chi connectivity index (χ0v) is 20.7. The lowest BCUT2D eigenvalue weighted by Gasteiger charge is -2.41. The van der Waals surface area contributed by atoms with E-state index < -0.39 is 41.1 Å². The Balaban J connectivity index is 1.86. The van der Waals surface area contributed by atoms with Crippen molar-refractivity contribution in [3.63, 3.8) is 0 Å². The minimum atomic E-state index is -1.29. The summed E-state index contributed by atoms with van der Waals surface area (Å²) in [6.45, 7) is 8.75. The number of cyclic esters (lactones) is 1. The minimum absolute atomic E-state index is 0.0877. The zero-order valence-electron chi connectivity index (χ0n) is 20.7. The number of esters is 1. The molecule has 2 amide bonds. The van der Waals surface area contributed by atoms with Gasteiger partial charge < -0.3 is 24.4 Å². The molecule has 0 aromatic carbocycles. The Kier molecular flexibility index (Phi) is 6.93. The van der Waals surface area contributed by atoms with E-state index in [0.29, 0.717) is 19.5 Å². The van der Waals surface area contributed by atoms with Crippen LogP contribution in [0.25, 0.3) is 0 Å². The first-order chi connectivity index (χ1) is 16.3. The van der Waals surface area contributed by atoms with Crippen molar-refractivity contribution in [1.82, 2.24) is 9.80 Å². The molecule has 0 aromatic rings. The van der Waals surface area contributed by atoms with E-state index in [0.717, 1.165) is 19.3 Å². The van der Waals surface area contributed by atoms with Crippen molar-refractivity contribution in [2.75, 3.05) is 26.3 Å². The van der Waals surface area contributed by atoms with Gasteiger partial charge in [-0.2, -0.15) is 0 Å². The van der Waals surface area contributed by atoms with Crippen LogP contribution in [0.4, 0.5) is 0 Å². The number of nitrogens with zero attached hydrogens (tertiary/aromatic N) is 2. The summed E-state index contributed by atoms with van der Waals surface area (Å²) in [7, 11) is 0. The highest BCUT2D eigenvalue weighted by Crippen LogP contribution is 2.58. The Morgan fingerprint density at radius 3 is 2.50 bits per heavy atom. The van der Waals surface area contributed by atoms with Crippen LogP contribution in [0.1, 0.15) is 53.4 Å². The summed E-state index contributed by atoms with van der Waals surface area (Å²) in [5, 5.41) is 10.3. The molecule has 8 nitrogen and oxygen atoms in total. The van der Waals surface area contributed by atoms with Crippen molar-refractivity contribution in [1.29, 1.82) is 0 Å². The van der Waals surface area contributed by atoms with Crippen LogP contribution in [0.15, 0.2) is 24.3 Å². The molecule has 0 aliphatic carbocycles. The molecule has 2 fully saturated rings. The third kappa shape index (κ3) is 3.61. The van der Waals surface area contributed by atoms with Gasteiger partial charge in [0, 0.05) is 13.1 Å². The topological polar surface area (TPSA) is 96.4 Å². The lowest BCUT2D eigenvalue weighted by molar-refractivity contribution is -0.162. The van der Waals surface area contributed by atoms with Gasteiger partial charge in [-0.25, -0.2) is 0 Å². The van der Waals surface area contributed by atoms with Crippen LogP contribution in [0.5, 0.6) is 0 Å². The Morgan fingerprint density at radius 1 is 1.09 bits per heavy atom. The zero-order chi connectivity index (χ0) is 24.7. The molecule has 0 bridgehead atoms. The van der Waals surface area contributed by atoms with E-state index in [4.69, 9.17) is 9.47 Å². The first kappa shape index (κ1) is 24.9. The lowest BCUT2D eigenvalue weighted by atomic mass is 9.73. The highest BCUT2D eigenvalue weighted by atomic mass is 16.6. The van der Waals surface area contributed by atoms with Gasteiger partial charge in [-0.1, -0.05) is 58.8 Å². The third-order valence-corrected chi connectivity index (χ3v) is 8.06. The molecule has 2 saturated heterocycles. The SMILES string of the molecule is CCCCCN1CC=C[C@]23O[C@@]4(CC)C=CCOC(=O)[C@H]4[C@H]2C(=O)N([C@@H](CO)C(C)C)C3C1=O. The van der Waals surface area contributed by atoms with Gasteiger partial charge in [-0.3, -0.25) is 14.4 Å². The van der Waals surface area contributed by atoms with Gasteiger partial charge in [0.15, 0.2) is 0 Å². The van der Waals surface area contributed by atoms with Gasteiger partial charge in [0.25, 0.3) is 0 Å². The van der Waals surface area contributed by atoms with Crippen molar-refractivity contribution >= 4 is 17.8 Å². The molecule has 8 heteroatoms. The Bertz CT molecular complexity index is 885. The van der Waals surface area contributed by atoms with Crippen LogP contribution < -0.4 is 0 Å². The number of hydrogen-bond acceptors (Lipinski definition) is 6. The average molecular weight is 475 g/mol. The Labute approximate surface area is 201 Å². The molecule has 4 aliphatic heterocycles. The number of rotatable bonds is 8. The number of unbranched alkanes of at least 4 members (excludes halogenated alkanes) is 2. The van der Waals surface area contributed by atoms with Crippen LogP contribution in [-0.2, 0) is 23.9 Å². The fourth-order valence-corrected chi connectivity index (χ4v) is 6.31. The highest BCUT2D eigenvalue weighted by Gasteiger charge is 2.76. The normalized spacial score (nSPS) is 35.7. The van der Waals surface area contributed by atoms with Crippen LogP contribution in [0.2, 0.25) is 0 Å². The van der Waals surface area contributed by atoms with Crippen molar-refractivity contribution in [3.05, 3.63) is 24.3 Å². The number of hydrogen-bond donors (Lipinski definition) is 1. The number of likely N-dealkylation sites (tertiary alicyclic amines) is 1. The van der Waals surface area contributed by atoms with Gasteiger partial charge in [0.2, 0.25) is 11.8 Å². The van der Waals surface area contributed by atoms with Crippen molar-refractivity contribution in [2.24, 2.45) is 17.8 Å². The number of fused-ring (bicyclic) bond motifs is 2. The van der Waals surface area contributed by atoms with E-state index in [9.17, 15) is 19.5 Å². The summed E-state index contributed by atoms with van der Waals surface area (Å²) in [5.74, 6) is -2.81. The predicted octanol–water partition coefficient (Wildman–Crippen LogP) is 2.07. The number of carbonyl (C=O) groups is 3. The highest BCUT2D eigenvalue weighted by molar-refractivity contribution is 5.99. The smallest absolute Gasteiger partial charge is 0.313 e.